The van der Waals surface area contributed by atoms with Crippen molar-refractivity contribution in [3.05, 3.63) is 0 Å². The van der Waals surface area contributed by atoms with Gasteiger partial charge in [0.15, 0.2) is 5.96 Å². The van der Waals surface area contributed by atoms with E-state index in [1.807, 2.05) is 0 Å². The number of aliphatic imine (C=N–C) groups is 1. The number of nitrogens with one attached hydrogen (secondary N) is 3. The van der Waals surface area contributed by atoms with Crippen LogP contribution >= 0.6 is 24.0 Å². The Morgan fingerprint density at radius 2 is 2.17 bits per heavy atom. The summed E-state index contributed by atoms with van der Waals surface area (Å²) >= 11 is 0. The Morgan fingerprint density at radius 1 is 1.39 bits per heavy atom. The number of halogens is 1. The molecule has 2 atom stereocenters. The van der Waals surface area contributed by atoms with Gasteiger partial charge in [0.25, 0.3) is 0 Å². The van der Waals surface area contributed by atoms with Crippen LogP contribution in [0.2, 0.25) is 0 Å². The highest BCUT2D eigenvalue weighted by Gasteiger charge is 2.27. The fraction of sp³-hybridized carbons (Fsp3) is 0.800. The van der Waals surface area contributed by atoms with Crippen LogP contribution in [-0.4, -0.2) is 55.5 Å². The average Bonchev–Trinajstić information content (AvgIpc) is 2.85. The molecule has 0 aromatic rings. The van der Waals surface area contributed by atoms with Gasteiger partial charge in [-0.25, -0.2) is 4.79 Å². The molecule has 2 rings (SSSR count). The van der Waals surface area contributed by atoms with Gasteiger partial charge >= 0.3 is 6.03 Å². The smallest absolute Gasteiger partial charge is 0.324 e. The quantitative estimate of drug-likeness (QED) is 0.262. The molecule has 2 fully saturated rings. The van der Waals surface area contributed by atoms with Gasteiger partial charge in [0, 0.05) is 26.2 Å². The maximum Gasteiger partial charge on any atom is 0.324 e. The van der Waals surface area contributed by atoms with Crippen molar-refractivity contribution in [2.75, 3.05) is 26.7 Å². The number of imide groups is 1. The van der Waals surface area contributed by atoms with Crippen LogP contribution in [0, 0.1) is 5.92 Å². The summed E-state index contributed by atoms with van der Waals surface area (Å²) in [6.45, 7) is 3.21. The van der Waals surface area contributed by atoms with Gasteiger partial charge in [0.05, 0.1) is 6.54 Å². The van der Waals surface area contributed by atoms with Gasteiger partial charge in [-0.3, -0.25) is 14.7 Å². The number of rotatable bonds is 5. The van der Waals surface area contributed by atoms with Gasteiger partial charge in [-0.2, -0.15) is 0 Å². The molecule has 0 spiro atoms. The van der Waals surface area contributed by atoms with Gasteiger partial charge in [-0.15, -0.1) is 24.0 Å². The summed E-state index contributed by atoms with van der Waals surface area (Å²) in [4.78, 5) is 28.4. The average molecular weight is 437 g/mol. The predicted molar refractivity (Wildman–Crippen MR) is 101 cm³/mol. The lowest BCUT2D eigenvalue weighted by Gasteiger charge is -2.30. The molecule has 3 amide bonds. The molecule has 8 heteroatoms. The molecule has 7 nitrogen and oxygen atoms in total. The van der Waals surface area contributed by atoms with E-state index >= 15 is 0 Å². The zero-order valence-electron chi connectivity index (χ0n) is 13.9. The maximum absolute atomic E-state index is 11.5. The van der Waals surface area contributed by atoms with E-state index in [0.29, 0.717) is 19.1 Å². The summed E-state index contributed by atoms with van der Waals surface area (Å²) in [5.41, 5.74) is 0. The fourth-order valence-corrected chi connectivity index (χ4v) is 3.15. The monoisotopic (exact) mass is 437 g/mol. The number of urea groups is 1. The Bertz CT molecular complexity index is 428. The molecule has 1 saturated heterocycles. The molecular weight excluding hydrogens is 409 g/mol. The molecule has 2 aliphatic rings. The predicted octanol–water partition coefficient (Wildman–Crippen LogP) is 1.29. The summed E-state index contributed by atoms with van der Waals surface area (Å²) in [6.07, 6.45) is 6.17. The van der Waals surface area contributed by atoms with Gasteiger partial charge in [0.2, 0.25) is 5.91 Å². The van der Waals surface area contributed by atoms with Gasteiger partial charge < -0.3 is 16.0 Å². The lowest BCUT2D eigenvalue weighted by atomic mass is 9.84. The second-order valence-corrected chi connectivity index (χ2v) is 5.99. The molecule has 0 aromatic heterocycles. The maximum atomic E-state index is 11.5. The largest absolute Gasteiger partial charge is 0.355 e. The van der Waals surface area contributed by atoms with Crippen LogP contribution in [0.3, 0.4) is 0 Å². The van der Waals surface area contributed by atoms with Crippen molar-refractivity contribution in [2.24, 2.45) is 10.9 Å². The van der Waals surface area contributed by atoms with Crippen LogP contribution in [-0.2, 0) is 4.79 Å². The van der Waals surface area contributed by atoms with Crippen molar-refractivity contribution in [3.63, 3.8) is 0 Å². The fourth-order valence-electron chi connectivity index (χ4n) is 3.15. The number of amides is 3. The zero-order chi connectivity index (χ0) is 15.9. The lowest BCUT2D eigenvalue weighted by Crippen LogP contribution is -2.47. The lowest BCUT2D eigenvalue weighted by molar-refractivity contribution is -0.124. The molecule has 1 aliphatic carbocycles. The SMILES string of the molecule is CCC1CCCC(NC(=NC)NCCN2C(=O)CNC2=O)C1.I. The Kier molecular flexibility index (Phi) is 8.64. The molecule has 1 heterocycles. The third-order valence-electron chi connectivity index (χ3n) is 4.49. The summed E-state index contributed by atoms with van der Waals surface area (Å²) < 4.78 is 0. The van der Waals surface area contributed by atoms with E-state index in [1.165, 1.54) is 37.0 Å². The first-order valence-corrected chi connectivity index (χ1v) is 8.19. The first-order valence-electron chi connectivity index (χ1n) is 8.19. The molecule has 132 valence electrons. The molecular formula is C15H28IN5O2. The van der Waals surface area contributed by atoms with Crippen LogP contribution < -0.4 is 16.0 Å². The number of hydrogen-bond donors (Lipinski definition) is 3. The Hall–Kier alpha value is -1.06. The van der Waals surface area contributed by atoms with Crippen LogP contribution in [0.4, 0.5) is 4.79 Å². The first kappa shape index (κ1) is 20.0. The zero-order valence-corrected chi connectivity index (χ0v) is 16.3. The van der Waals surface area contributed by atoms with Crippen LogP contribution in [0.25, 0.3) is 0 Å². The minimum absolute atomic E-state index is 0. The van der Waals surface area contributed by atoms with Crippen molar-refractivity contribution in [2.45, 2.75) is 45.1 Å². The number of guanidine groups is 1. The van der Waals surface area contributed by atoms with Crippen molar-refractivity contribution in [3.8, 4) is 0 Å². The van der Waals surface area contributed by atoms with E-state index in [1.54, 1.807) is 7.05 Å². The molecule has 23 heavy (non-hydrogen) atoms. The van der Waals surface area contributed by atoms with E-state index in [-0.39, 0.29) is 42.5 Å². The highest BCUT2D eigenvalue weighted by molar-refractivity contribution is 14.0. The van der Waals surface area contributed by atoms with Crippen molar-refractivity contribution in [1.82, 2.24) is 20.9 Å². The van der Waals surface area contributed by atoms with Gasteiger partial charge in [-0.05, 0) is 18.8 Å². The Morgan fingerprint density at radius 3 is 2.78 bits per heavy atom. The molecule has 0 radical (unpaired) electrons. The summed E-state index contributed by atoms with van der Waals surface area (Å²) in [7, 11) is 1.74. The minimum Gasteiger partial charge on any atom is -0.355 e. The third kappa shape index (κ3) is 5.82. The minimum atomic E-state index is -0.312. The van der Waals surface area contributed by atoms with Crippen LogP contribution in [0.15, 0.2) is 4.99 Å². The number of hydrogen-bond acceptors (Lipinski definition) is 3. The summed E-state index contributed by atoms with van der Waals surface area (Å²) in [6, 6.07) is 0.148. The van der Waals surface area contributed by atoms with E-state index in [4.69, 9.17) is 0 Å². The number of carbonyl (C=O) groups is 2. The standard InChI is InChI=1S/C15H27N5O2.HI/c1-3-11-5-4-6-12(9-11)19-14(16-2)17-7-8-20-13(21)10-18-15(20)22;/h11-12H,3-10H2,1-2H3,(H,18,22)(H2,16,17,19);1H. The number of nitrogens with zero attached hydrogens (tertiary/aromatic N) is 2. The van der Waals surface area contributed by atoms with E-state index in [2.05, 4.69) is 27.9 Å². The molecule has 2 unspecified atom stereocenters. The van der Waals surface area contributed by atoms with E-state index in [9.17, 15) is 9.59 Å². The van der Waals surface area contributed by atoms with E-state index in [0.717, 1.165) is 11.9 Å². The molecule has 1 aliphatic heterocycles. The van der Waals surface area contributed by atoms with Gasteiger partial charge in [0.1, 0.15) is 0 Å². The van der Waals surface area contributed by atoms with Crippen molar-refractivity contribution >= 4 is 41.9 Å². The van der Waals surface area contributed by atoms with E-state index < -0.39 is 0 Å². The Labute approximate surface area is 155 Å². The molecule has 0 bridgehead atoms. The highest BCUT2D eigenvalue weighted by Crippen LogP contribution is 2.26. The normalized spacial score (nSPS) is 25.0. The first-order chi connectivity index (χ1) is 10.6. The van der Waals surface area contributed by atoms with Crippen molar-refractivity contribution < 1.29 is 9.59 Å². The topological polar surface area (TPSA) is 85.8 Å². The van der Waals surface area contributed by atoms with Crippen LogP contribution in [0.5, 0.6) is 0 Å². The second kappa shape index (κ2) is 9.94. The van der Waals surface area contributed by atoms with Crippen LogP contribution in [0.1, 0.15) is 39.0 Å². The molecule has 0 aromatic carbocycles. The molecule has 1 saturated carbocycles. The van der Waals surface area contributed by atoms with Crippen molar-refractivity contribution in [1.29, 1.82) is 0 Å². The summed E-state index contributed by atoms with van der Waals surface area (Å²) in [5.74, 6) is 1.37. The second-order valence-electron chi connectivity index (χ2n) is 5.99. The third-order valence-corrected chi connectivity index (χ3v) is 4.49. The van der Waals surface area contributed by atoms with Gasteiger partial charge in [-0.1, -0.05) is 26.2 Å². The summed E-state index contributed by atoms with van der Waals surface area (Å²) in [5, 5.41) is 9.15. The molecule has 3 N–H and O–H groups in total. The number of carbonyl (C=O) groups excluding carboxylic acids is 2. The highest BCUT2D eigenvalue weighted by atomic mass is 127. The Balaban J connectivity index is 0.00000264.